The Morgan fingerprint density at radius 3 is 2.67 bits per heavy atom. The van der Waals surface area contributed by atoms with E-state index in [2.05, 4.69) is 34.5 Å². The monoisotopic (exact) mass is 332 g/mol. The number of benzene rings is 1. The lowest BCUT2D eigenvalue weighted by Crippen LogP contribution is -2.27. The van der Waals surface area contributed by atoms with Gasteiger partial charge in [-0.25, -0.2) is 13.1 Å². The van der Waals surface area contributed by atoms with E-state index in [0.29, 0.717) is 16.9 Å². The van der Waals surface area contributed by atoms with Crippen molar-refractivity contribution >= 4 is 31.6 Å². The molecule has 0 spiro atoms. The Labute approximate surface area is 116 Å². The lowest BCUT2D eigenvalue weighted by Gasteiger charge is -2.10. The van der Waals surface area contributed by atoms with Crippen LogP contribution in [0.3, 0.4) is 0 Å². The van der Waals surface area contributed by atoms with Crippen LogP contribution in [0.1, 0.15) is 20.3 Å². The quantitative estimate of drug-likeness (QED) is 0.831. The van der Waals surface area contributed by atoms with E-state index in [1.165, 1.54) is 6.07 Å². The third kappa shape index (κ3) is 2.87. The highest BCUT2D eigenvalue weighted by atomic mass is 79.9. The number of nitrogen functional groups attached to an aromatic ring is 1. The summed E-state index contributed by atoms with van der Waals surface area (Å²) in [6.07, 6.45) is 1.06. The lowest BCUT2D eigenvalue weighted by atomic mass is 10.1. The molecule has 0 amide bonds. The molecule has 18 heavy (non-hydrogen) atoms. The molecule has 4 nitrogen and oxygen atoms in total. The Bertz CT molecular complexity index is 569. The van der Waals surface area contributed by atoms with Crippen LogP contribution in [-0.4, -0.2) is 15.0 Å². The molecule has 3 N–H and O–H groups in total. The van der Waals surface area contributed by atoms with Crippen molar-refractivity contribution in [1.82, 2.24) is 4.72 Å². The Morgan fingerprint density at radius 2 is 2.11 bits per heavy atom. The Morgan fingerprint density at radius 1 is 1.50 bits per heavy atom. The standard InChI is InChI=1S/C12H17BrN2O2S/c1-12(2)6-8(12)7-15-18(16,17)11-5-9(13)3-4-10(11)14/h3-5,8,15H,6-7,14H2,1-2H3. The molecule has 100 valence electrons. The van der Waals surface area contributed by atoms with Crippen LogP contribution in [0, 0.1) is 11.3 Å². The van der Waals surface area contributed by atoms with Gasteiger partial charge in [0.05, 0.1) is 5.69 Å². The summed E-state index contributed by atoms with van der Waals surface area (Å²) >= 11 is 3.25. The SMILES string of the molecule is CC1(C)CC1CNS(=O)(=O)c1cc(Br)ccc1N. The van der Waals surface area contributed by atoms with E-state index in [1.807, 2.05) is 0 Å². The van der Waals surface area contributed by atoms with E-state index in [4.69, 9.17) is 5.73 Å². The largest absolute Gasteiger partial charge is 0.398 e. The van der Waals surface area contributed by atoms with Crippen molar-refractivity contribution in [2.45, 2.75) is 25.2 Å². The summed E-state index contributed by atoms with van der Waals surface area (Å²) in [7, 11) is -3.52. The molecule has 0 aliphatic heterocycles. The fourth-order valence-electron chi connectivity index (χ4n) is 1.95. The van der Waals surface area contributed by atoms with Crippen molar-refractivity contribution in [3.05, 3.63) is 22.7 Å². The van der Waals surface area contributed by atoms with Gasteiger partial charge in [0.15, 0.2) is 0 Å². The van der Waals surface area contributed by atoms with Crippen molar-refractivity contribution in [1.29, 1.82) is 0 Å². The van der Waals surface area contributed by atoms with Crippen LogP contribution >= 0.6 is 15.9 Å². The third-order valence-corrected chi connectivity index (χ3v) is 5.47. The molecule has 2 rings (SSSR count). The van der Waals surface area contributed by atoms with Gasteiger partial charge >= 0.3 is 0 Å². The minimum Gasteiger partial charge on any atom is -0.398 e. The molecule has 0 aromatic heterocycles. The van der Waals surface area contributed by atoms with Crippen molar-refractivity contribution in [2.24, 2.45) is 11.3 Å². The van der Waals surface area contributed by atoms with Crippen molar-refractivity contribution in [3.8, 4) is 0 Å². The molecule has 1 saturated carbocycles. The number of nitrogens with two attached hydrogens (primary N) is 1. The zero-order valence-corrected chi connectivity index (χ0v) is 12.8. The molecule has 1 fully saturated rings. The molecule has 1 unspecified atom stereocenters. The highest BCUT2D eigenvalue weighted by molar-refractivity contribution is 9.10. The van der Waals surface area contributed by atoms with Crippen molar-refractivity contribution < 1.29 is 8.42 Å². The Hall–Kier alpha value is -0.590. The summed E-state index contributed by atoms with van der Waals surface area (Å²) < 4.78 is 27.6. The van der Waals surface area contributed by atoms with E-state index in [0.717, 1.165) is 6.42 Å². The summed E-state index contributed by atoms with van der Waals surface area (Å²) in [4.78, 5) is 0.135. The second-order valence-electron chi connectivity index (χ2n) is 5.42. The normalized spacial score (nSPS) is 21.8. The van der Waals surface area contributed by atoms with Gasteiger partial charge in [-0.05, 0) is 36.0 Å². The lowest BCUT2D eigenvalue weighted by molar-refractivity contribution is 0.538. The van der Waals surface area contributed by atoms with Crippen LogP contribution in [-0.2, 0) is 10.0 Å². The highest BCUT2D eigenvalue weighted by Gasteiger charge is 2.45. The number of halogens is 1. The van der Waals surface area contributed by atoms with E-state index in [9.17, 15) is 8.42 Å². The molecular weight excluding hydrogens is 316 g/mol. The van der Waals surface area contributed by atoms with Crippen LogP contribution in [0.25, 0.3) is 0 Å². The zero-order valence-electron chi connectivity index (χ0n) is 10.4. The van der Waals surface area contributed by atoms with Gasteiger partial charge < -0.3 is 5.73 Å². The van der Waals surface area contributed by atoms with E-state index in [1.54, 1.807) is 12.1 Å². The van der Waals surface area contributed by atoms with Gasteiger partial charge in [-0.3, -0.25) is 0 Å². The van der Waals surface area contributed by atoms with Gasteiger partial charge in [0.1, 0.15) is 4.90 Å². The first-order valence-corrected chi connectivity index (χ1v) is 8.05. The topological polar surface area (TPSA) is 72.2 Å². The Balaban J connectivity index is 2.13. The average molecular weight is 333 g/mol. The van der Waals surface area contributed by atoms with Gasteiger partial charge in [0.2, 0.25) is 10.0 Å². The molecule has 0 bridgehead atoms. The van der Waals surface area contributed by atoms with E-state index in [-0.39, 0.29) is 16.0 Å². The molecule has 0 heterocycles. The molecule has 1 atom stereocenters. The van der Waals surface area contributed by atoms with Gasteiger partial charge in [-0.1, -0.05) is 29.8 Å². The molecule has 1 aromatic rings. The number of anilines is 1. The van der Waals surface area contributed by atoms with Crippen LogP contribution in [0.5, 0.6) is 0 Å². The average Bonchev–Trinajstić information content (AvgIpc) is 2.87. The smallest absolute Gasteiger partial charge is 0.242 e. The molecule has 1 aliphatic carbocycles. The Kier molecular flexibility index (Phi) is 3.46. The number of rotatable bonds is 4. The molecular formula is C12H17BrN2O2S. The van der Waals surface area contributed by atoms with Gasteiger partial charge in [-0.2, -0.15) is 0 Å². The maximum Gasteiger partial charge on any atom is 0.242 e. The molecule has 6 heteroatoms. The van der Waals surface area contributed by atoms with E-state index < -0.39 is 10.0 Å². The first kappa shape index (κ1) is 13.8. The highest BCUT2D eigenvalue weighted by Crippen LogP contribution is 2.51. The number of nitrogens with one attached hydrogen (secondary N) is 1. The first-order chi connectivity index (χ1) is 8.22. The predicted octanol–water partition coefficient (Wildman–Crippen LogP) is 2.36. The first-order valence-electron chi connectivity index (χ1n) is 5.77. The maximum atomic E-state index is 12.1. The summed E-state index contributed by atoms with van der Waals surface area (Å²) in [5.41, 5.74) is 6.23. The predicted molar refractivity (Wildman–Crippen MR) is 75.6 cm³/mol. The summed E-state index contributed by atoms with van der Waals surface area (Å²) in [5.74, 6) is 0.417. The van der Waals surface area contributed by atoms with Crippen LogP contribution in [0.15, 0.2) is 27.6 Å². The van der Waals surface area contributed by atoms with Crippen LogP contribution in [0.2, 0.25) is 0 Å². The summed E-state index contributed by atoms with van der Waals surface area (Å²) in [5, 5.41) is 0. The second-order valence-corrected chi connectivity index (χ2v) is 8.07. The fourth-order valence-corrected chi connectivity index (χ4v) is 3.70. The zero-order chi connectivity index (χ0) is 13.6. The third-order valence-electron chi connectivity index (χ3n) is 3.50. The molecule has 0 saturated heterocycles. The summed E-state index contributed by atoms with van der Waals surface area (Å²) in [6.45, 7) is 4.75. The second kappa shape index (κ2) is 4.51. The maximum absolute atomic E-state index is 12.1. The fraction of sp³-hybridized carbons (Fsp3) is 0.500. The molecule has 1 aliphatic rings. The number of hydrogen-bond donors (Lipinski definition) is 2. The van der Waals surface area contributed by atoms with Gasteiger partial charge in [0, 0.05) is 11.0 Å². The number of sulfonamides is 1. The minimum atomic E-state index is -3.52. The van der Waals surface area contributed by atoms with Gasteiger partial charge in [0.25, 0.3) is 0 Å². The number of hydrogen-bond acceptors (Lipinski definition) is 3. The van der Waals surface area contributed by atoms with Crippen LogP contribution < -0.4 is 10.5 Å². The van der Waals surface area contributed by atoms with Crippen molar-refractivity contribution in [3.63, 3.8) is 0 Å². The molecule has 0 radical (unpaired) electrons. The van der Waals surface area contributed by atoms with E-state index >= 15 is 0 Å². The van der Waals surface area contributed by atoms with Crippen molar-refractivity contribution in [2.75, 3.05) is 12.3 Å². The van der Waals surface area contributed by atoms with Crippen LogP contribution in [0.4, 0.5) is 5.69 Å². The van der Waals surface area contributed by atoms with Gasteiger partial charge in [-0.15, -0.1) is 0 Å². The summed E-state index contributed by atoms with van der Waals surface area (Å²) in [6, 6.07) is 4.83. The minimum absolute atomic E-state index is 0.135. The molecule has 1 aromatic carbocycles.